The summed E-state index contributed by atoms with van der Waals surface area (Å²) in [5, 5.41) is 0. The summed E-state index contributed by atoms with van der Waals surface area (Å²) in [4.78, 5) is 0. The van der Waals surface area contributed by atoms with Crippen LogP contribution in [0.1, 0.15) is 39.2 Å². The maximum absolute atomic E-state index is 13.5. The lowest BCUT2D eigenvalue weighted by Crippen LogP contribution is -2.13. The minimum Gasteiger partial charge on any atom is -0.490 e. The summed E-state index contributed by atoms with van der Waals surface area (Å²) in [6.45, 7) is 6.38. The van der Waals surface area contributed by atoms with Gasteiger partial charge in [-0.2, -0.15) is 4.39 Å². The van der Waals surface area contributed by atoms with E-state index in [4.69, 9.17) is 4.74 Å². The molecule has 1 fully saturated rings. The number of benzene rings is 1. The average molecular weight is 240 g/mol. The summed E-state index contributed by atoms with van der Waals surface area (Å²) in [7, 11) is 0. The molecular weight excluding hydrogens is 222 g/mol. The molecule has 0 atom stereocenters. The predicted molar refractivity (Wildman–Crippen MR) is 63.3 cm³/mol. The van der Waals surface area contributed by atoms with Gasteiger partial charge in [0.1, 0.15) is 0 Å². The lowest BCUT2D eigenvalue weighted by Gasteiger charge is -2.20. The molecule has 0 aromatic heterocycles. The molecule has 0 spiro atoms. The first-order valence-corrected chi connectivity index (χ1v) is 6.00. The number of rotatable bonds is 3. The highest BCUT2D eigenvalue weighted by Gasteiger charge is 2.24. The summed E-state index contributed by atoms with van der Waals surface area (Å²) in [5.74, 6) is -1.14. The minimum absolute atomic E-state index is 0.0434. The Morgan fingerprint density at radius 3 is 2.41 bits per heavy atom. The summed E-state index contributed by atoms with van der Waals surface area (Å²) in [6, 6.07) is 2.86. The van der Waals surface area contributed by atoms with Crippen molar-refractivity contribution in [3.05, 3.63) is 29.3 Å². The van der Waals surface area contributed by atoms with E-state index in [2.05, 4.69) is 0 Å². The van der Waals surface area contributed by atoms with E-state index in [1.807, 2.05) is 20.8 Å². The van der Waals surface area contributed by atoms with E-state index >= 15 is 0 Å². The van der Waals surface area contributed by atoms with E-state index in [0.717, 1.165) is 18.4 Å². The van der Waals surface area contributed by atoms with E-state index in [0.29, 0.717) is 12.5 Å². The zero-order chi connectivity index (χ0) is 12.6. The topological polar surface area (TPSA) is 9.23 Å². The quantitative estimate of drug-likeness (QED) is 0.774. The fourth-order valence-corrected chi connectivity index (χ4v) is 1.59. The van der Waals surface area contributed by atoms with Crippen LogP contribution in [0.3, 0.4) is 0 Å². The second-order valence-corrected chi connectivity index (χ2v) is 5.77. The molecule has 2 rings (SSSR count). The third-order valence-electron chi connectivity index (χ3n) is 3.03. The maximum atomic E-state index is 13.5. The number of ether oxygens (including phenoxy) is 1. The lowest BCUT2D eigenvalue weighted by molar-refractivity contribution is 0.279. The van der Waals surface area contributed by atoms with E-state index in [1.165, 1.54) is 6.07 Å². The minimum atomic E-state index is -0.876. The van der Waals surface area contributed by atoms with Crippen molar-refractivity contribution in [2.45, 2.75) is 39.0 Å². The van der Waals surface area contributed by atoms with Crippen LogP contribution in [0.2, 0.25) is 0 Å². The molecule has 1 saturated carbocycles. The van der Waals surface area contributed by atoms with Crippen LogP contribution in [0.5, 0.6) is 5.75 Å². The Bertz CT molecular complexity index is 417. The highest BCUT2D eigenvalue weighted by Crippen LogP contribution is 2.33. The normalized spacial score (nSPS) is 16.1. The smallest absolute Gasteiger partial charge is 0.200 e. The Morgan fingerprint density at radius 1 is 1.24 bits per heavy atom. The number of hydrogen-bond acceptors (Lipinski definition) is 1. The zero-order valence-electron chi connectivity index (χ0n) is 10.5. The van der Waals surface area contributed by atoms with Crippen molar-refractivity contribution in [1.29, 1.82) is 0 Å². The Labute approximate surface area is 101 Å². The van der Waals surface area contributed by atoms with Gasteiger partial charge in [-0.15, -0.1) is 0 Å². The van der Waals surface area contributed by atoms with Crippen LogP contribution in [-0.4, -0.2) is 6.61 Å². The van der Waals surface area contributed by atoms with Crippen LogP contribution in [0.15, 0.2) is 12.1 Å². The van der Waals surface area contributed by atoms with Gasteiger partial charge in [0, 0.05) is 0 Å². The monoisotopic (exact) mass is 240 g/mol. The van der Waals surface area contributed by atoms with Crippen LogP contribution < -0.4 is 4.74 Å². The van der Waals surface area contributed by atoms with Crippen LogP contribution in [0.25, 0.3) is 0 Å². The number of halogens is 2. The van der Waals surface area contributed by atoms with E-state index in [1.54, 1.807) is 6.07 Å². The molecule has 0 heterocycles. The Balaban J connectivity index is 2.25. The van der Waals surface area contributed by atoms with Crippen LogP contribution in [0.4, 0.5) is 8.78 Å². The van der Waals surface area contributed by atoms with Crippen LogP contribution >= 0.6 is 0 Å². The van der Waals surface area contributed by atoms with E-state index in [-0.39, 0.29) is 11.2 Å². The van der Waals surface area contributed by atoms with Crippen molar-refractivity contribution in [1.82, 2.24) is 0 Å². The van der Waals surface area contributed by atoms with Gasteiger partial charge in [-0.1, -0.05) is 20.8 Å². The molecule has 1 aliphatic rings. The van der Waals surface area contributed by atoms with E-state index in [9.17, 15) is 8.78 Å². The van der Waals surface area contributed by atoms with Crippen molar-refractivity contribution in [2.75, 3.05) is 6.61 Å². The molecule has 0 N–H and O–H groups in total. The maximum Gasteiger partial charge on any atom is 0.200 e. The summed E-state index contributed by atoms with van der Waals surface area (Å²) in [6.07, 6.45) is 2.26. The molecule has 1 nitrogen and oxygen atoms in total. The summed E-state index contributed by atoms with van der Waals surface area (Å²) in [5.41, 5.74) is 0.536. The Kier molecular flexibility index (Phi) is 3.11. The molecule has 0 unspecified atom stereocenters. The van der Waals surface area contributed by atoms with Crippen LogP contribution in [0, 0.1) is 17.6 Å². The molecule has 0 saturated heterocycles. The molecule has 0 aliphatic heterocycles. The second-order valence-electron chi connectivity index (χ2n) is 5.77. The van der Waals surface area contributed by atoms with Gasteiger partial charge in [-0.05, 0) is 41.9 Å². The molecular formula is C14H18F2O. The van der Waals surface area contributed by atoms with Gasteiger partial charge < -0.3 is 4.74 Å². The Morgan fingerprint density at radius 2 is 1.88 bits per heavy atom. The van der Waals surface area contributed by atoms with E-state index < -0.39 is 11.6 Å². The molecule has 1 aromatic rings. The first kappa shape index (κ1) is 12.3. The molecule has 1 aromatic carbocycles. The highest BCUT2D eigenvalue weighted by molar-refractivity contribution is 5.35. The third kappa shape index (κ3) is 2.96. The third-order valence-corrected chi connectivity index (χ3v) is 3.03. The fourth-order valence-electron chi connectivity index (χ4n) is 1.59. The standard InChI is InChI=1S/C14H18F2O/c1-14(2,3)10-6-11(15)13(16)12(7-10)17-8-9-4-5-9/h6-7,9H,4-5,8H2,1-3H3. The summed E-state index contributed by atoms with van der Waals surface area (Å²) < 4.78 is 32.4. The largest absolute Gasteiger partial charge is 0.490 e. The molecule has 0 radical (unpaired) electrons. The van der Waals surface area contributed by atoms with Crippen molar-refractivity contribution >= 4 is 0 Å². The zero-order valence-corrected chi connectivity index (χ0v) is 10.5. The van der Waals surface area contributed by atoms with Crippen molar-refractivity contribution < 1.29 is 13.5 Å². The van der Waals surface area contributed by atoms with Gasteiger partial charge in [0.05, 0.1) is 6.61 Å². The Hall–Kier alpha value is -1.12. The molecule has 94 valence electrons. The lowest BCUT2D eigenvalue weighted by atomic mass is 9.87. The highest BCUT2D eigenvalue weighted by atomic mass is 19.2. The van der Waals surface area contributed by atoms with Gasteiger partial charge in [-0.3, -0.25) is 0 Å². The fraction of sp³-hybridized carbons (Fsp3) is 0.571. The molecule has 17 heavy (non-hydrogen) atoms. The predicted octanol–water partition coefficient (Wildman–Crippen LogP) is 4.05. The molecule has 3 heteroatoms. The van der Waals surface area contributed by atoms with Gasteiger partial charge in [0.2, 0.25) is 5.82 Å². The van der Waals surface area contributed by atoms with Gasteiger partial charge >= 0.3 is 0 Å². The SMILES string of the molecule is CC(C)(C)c1cc(F)c(F)c(OCC2CC2)c1. The van der Waals surface area contributed by atoms with Crippen LogP contribution in [-0.2, 0) is 5.41 Å². The second kappa shape index (κ2) is 4.28. The van der Waals surface area contributed by atoms with Gasteiger partial charge in [-0.25, -0.2) is 4.39 Å². The first-order chi connectivity index (χ1) is 7.88. The average Bonchev–Trinajstić information content (AvgIpc) is 3.02. The molecule has 1 aliphatic carbocycles. The number of hydrogen-bond donors (Lipinski definition) is 0. The van der Waals surface area contributed by atoms with Crippen molar-refractivity contribution in [2.24, 2.45) is 5.92 Å². The molecule has 0 amide bonds. The summed E-state index contributed by atoms with van der Waals surface area (Å²) >= 11 is 0. The molecule has 0 bridgehead atoms. The van der Waals surface area contributed by atoms with Crippen molar-refractivity contribution in [3.8, 4) is 5.75 Å². The van der Waals surface area contributed by atoms with Gasteiger partial charge in [0.15, 0.2) is 11.6 Å². The van der Waals surface area contributed by atoms with Gasteiger partial charge in [0.25, 0.3) is 0 Å². The van der Waals surface area contributed by atoms with Crippen molar-refractivity contribution in [3.63, 3.8) is 0 Å². The first-order valence-electron chi connectivity index (χ1n) is 6.00.